The van der Waals surface area contributed by atoms with Gasteiger partial charge in [-0.1, -0.05) is 24.6 Å². The summed E-state index contributed by atoms with van der Waals surface area (Å²) in [5.74, 6) is 2.55. The third-order valence-corrected chi connectivity index (χ3v) is 9.51. The lowest BCUT2D eigenvalue weighted by Crippen LogP contribution is -2.32. The number of nitrogens with zero attached hydrogens (tertiary/aromatic N) is 5. The van der Waals surface area contributed by atoms with Crippen LogP contribution >= 0.6 is 0 Å². The second-order valence-electron chi connectivity index (χ2n) is 12.1. The minimum absolute atomic E-state index is 0.0394. The minimum atomic E-state index is -1.40. The molecule has 6 rings (SSSR count). The molecule has 0 spiro atoms. The Kier molecular flexibility index (Phi) is 7.25. The highest BCUT2D eigenvalue weighted by atomic mass is 19.1. The van der Waals surface area contributed by atoms with Crippen LogP contribution in [0, 0.1) is 23.6 Å². The first-order valence-electron chi connectivity index (χ1n) is 14.8. The average Bonchev–Trinajstić information content (AvgIpc) is 3.64. The third-order valence-electron chi connectivity index (χ3n) is 9.51. The number of amides is 1. The molecule has 1 atom stereocenters. The quantitative estimate of drug-likeness (QED) is 0.166. The van der Waals surface area contributed by atoms with Gasteiger partial charge in [0.2, 0.25) is 0 Å². The van der Waals surface area contributed by atoms with Crippen molar-refractivity contribution in [2.24, 2.45) is 28.5 Å². The third kappa shape index (κ3) is 5.31. The maximum absolute atomic E-state index is 13.9. The molecule has 3 aromatic rings. The van der Waals surface area contributed by atoms with E-state index < -0.39 is 6.09 Å². The second-order valence-corrected chi connectivity index (χ2v) is 12.1. The second kappa shape index (κ2) is 10.9. The lowest BCUT2D eigenvalue weighted by Gasteiger charge is -2.32. The summed E-state index contributed by atoms with van der Waals surface area (Å²) in [6.07, 6.45) is 10.4. The summed E-state index contributed by atoms with van der Waals surface area (Å²) in [5.41, 5.74) is 8.00. The largest absolute Gasteiger partial charge is 0.463 e. The van der Waals surface area contributed by atoms with Crippen LogP contribution in [-0.4, -0.2) is 42.6 Å². The number of benzene rings is 1. The van der Waals surface area contributed by atoms with E-state index in [2.05, 4.69) is 39.4 Å². The molecular weight excluding hydrogens is 521 g/mol. The van der Waals surface area contributed by atoms with Gasteiger partial charge in [-0.15, -0.1) is 6.58 Å². The molecule has 3 saturated carbocycles. The molecule has 0 aliphatic heterocycles. The Morgan fingerprint density at radius 1 is 1.20 bits per heavy atom. The number of fused-ring (bicyclic) bond motifs is 1. The van der Waals surface area contributed by atoms with E-state index in [0.717, 1.165) is 74.8 Å². The fourth-order valence-corrected chi connectivity index (χ4v) is 6.62. The Morgan fingerprint density at radius 3 is 2.49 bits per heavy atom. The number of anilines is 1. The molecule has 1 aromatic carbocycles. The highest BCUT2D eigenvalue weighted by Crippen LogP contribution is 2.54. The monoisotopic (exact) mass is 559 g/mol. The molecule has 0 saturated heterocycles. The van der Waals surface area contributed by atoms with Crippen LogP contribution in [0.5, 0.6) is 0 Å². The number of amidine groups is 1. The van der Waals surface area contributed by atoms with Crippen LogP contribution in [-0.2, 0) is 12.0 Å². The van der Waals surface area contributed by atoms with E-state index in [9.17, 15) is 14.3 Å². The normalized spacial score (nSPS) is 23.1. The zero-order chi connectivity index (χ0) is 28.7. The number of hydrogen-bond acceptors (Lipinski definition) is 5. The van der Waals surface area contributed by atoms with Crippen molar-refractivity contribution in [3.8, 4) is 0 Å². The molecule has 216 valence electrons. The summed E-state index contributed by atoms with van der Waals surface area (Å²) in [6, 6.07) is 6.89. The Morgan fingerprint density at radius 2 is 1.90 bits per heavy atom. The highest BCUT2D eigenvalue weighted by Gasteiger charge is 2.50. The zero-order valence-electron chi connectivity index (χ0n) is 23.5. The van der Waals surface area contributed by atoms with Crippen molar-refractivity contribution in [2.45, 2.75) is 82.7 Å². The number of nitrogens with one attached hydrogen (secondary N) is 1. The molecule has 0 bridgehead atoms. The fourth-order valence-electron chi connectivity index (χ4n) is 6.62. The van der Waals surface area contributed by atoms with Crippen LogP contribution in [0.2, 0.25) is 0 Å². The molecule has 1 amide bonds. The Hall–Kier alpha value is -3.82. The van der Waals surface area contributed by atoms with Crippen molar-refractivity contribution in [3.05, 3.63) is 59.9 Å². The topological polar surface area (TPSA) is 131 Å². The SMILES string of the molecule is C=CC1CCC(Cn2c(C3(c4ccc(F)cc4)CC3)nc3nc(C(N)=NC(=O)O)nc(NC(C)C4CCC4)c32)CC1. The summed E-state index contributed by atoms with van der Waals surface area (Å²) < 4.78 is 16.2. The van der Waals surface area contributed by atoms with Crippen LogP contribution in [0.3, 0.4) is 0 Å². The van der Waals surface area contributed by atoms with Crippen LogP contribution in [0.25, 0.3) is 11.2 Å². The van der Waals surface area contributed by atoms with E-state index in [4.69, 9.17) is 15.7 Å². The number of aliphatic imine (C=N–C) groups is 1. The Balaban J connectivity index is 1.50. The van der Waals surface area contributed by atoms with Gasteiger partial charge in [-0.05, 0) is 93.7 Å². The number of carboxylic acid groups (broad SMARTS) is 1. The van der Waals surface area contributed by atoms with Gasteiger partial charge in [0.25, 0.3) is 0 Å². The smallest absolute Gasteiger partial charge is 0.433 e. The molecule has 10 heteroatoms. The molecule has 41 heavy (non-hydrogen) atoms. The van der Waals surface area contributed by atoms with Gasteiger partial charge in [-0.25, -0.2) is 24.1 Å². The van der Waals surface area contributed by atoms with Crippen molar-refractivity contribution in [2.75, 3.05) is 5.32 Å². The summed E-state index contributed by atoms with van der Waals surface area (Å²) in [6.45, 7) is 6.93. The lowest BCUT2D eigenvalue weighted by molar-refractivity contribution is 0.205. The van der Waals surface area contributed by atoms with Crippen LogP contribution in [0.15, 0.2) is 41.9 Å². The van der Waals surface area contributed by atoms with E-state index in [1.165, 1.54) is 18.6 Å². The van der Waals surface area contributed by atoms with E-state index in [0.29, 0.717) is 29.2 Å². The molecular formula is C31H38FN7O2. The van der Waals surface area contributed by atoms with Crippen molar-refractivity contribution in [1.29, 1.82) is 0 Å². The van der Waals surface area contributed by atoms with Gasteiger partial charge in [-0.2, -0.15) is 4.99 Å². The van der Waals surface area contributed by atoms with E-state index >= 15 is 0 Å². The van der Waals surface area contributed by atoms with Gasteiger partial charge in [0.15, 0.2) is 23.1 Å². The van der Waals surface area contributed by atoms with Gasteiger partial charge in [0.05, 0.1) is 5.41 Å². The number of rotatable bonds is 9. The predicted molar refractivity (Wildman–Crippen MR) is 157 cm³/mol. The molecule has 2 heterocycles. The predicted octanol–water partition coefficient (Wildman–Crippen LogP) is 6.02. The highest BCUT2D eigenvalue weighted by molar-refractivity contribution is 6.01. The number of aromatic nitrogens is 4. The number of nitrogens with two attached hydrogens (primary N) is 1. The van der Waals surface area contributed by atoms with E-state index in [1.54, 1.807) is 0 Å². The van der Waals surface area contributed by atoms with E-state index in [-0.39, 0.29) is 28.9 Å². The van der Waals surface area contributed by atoms with Crippen molar-refractivity contribution in [1.82, 2.24) is 19.5 Å². The molecule has 9 nitrogen and oxygen atoms in total. The zero-order valence-corrected chi connectivity index (χ0v) is 23.5. The maximum Gasteiger partial charge on any atom is 0.433 e. The number of halogens is 1. The first-order valence-corrected chi connectivity index (χ1v) is 14.8. The van der Waals surface area contributed by atoms with Crippen molar-refractivity contribution >= 4 is 28.9 Å². The van der Waals surface area contributed by atoms with Gasteiger partial charge >= 0.3 is 6.09 Å². The van der Waals surface area contributed by atoms with Crippen molar-refractivity contribution < 1.29 is 14.3 Å². The minimum Gasteiger partial charge on any atom is -0.463 e. The molecule has 0 radical (unpaired) electrons. The maximum atomic E-state index is 13.9. The van der Waals surface area contributed by atoms with Crippen LogP contribution in [0.4, 0.5) is 15.0 Å². The summed E-state index contributed by atoms with van der Waals surface area (Å²) in [7, 11) is 0. The van der Waals surface area contributed by atoms with Crippen molar-refractivity contribution in [3.63, 3.8) is 0 Å². The first-order chi connectivity index (χ1) is 19.8. The molecule has 3 aliphatic carbocycles. The molecule has 2 aromatic heterocycles. The fraction of sp³-hybridized carbons (Fsp3) is 0.516. The van der Waals surface area contributed by atoms with Crippen LogP contribution in [0.1, 0.15) is 81.9 Å². The summed E-state index contributed by atoms with van der Waals surface area (Å²) in [4.78, 5) is 29.3. The molecule has 3 aliphatic rings. The van der Waals surface area contributed by atoms with Crippen LogP contribution < -0.4 is 11.1 Å². The van der Waals surface area contributed by atoms with Gasteiger partial charge < -0.3 is 20.7 Å². The molecule has 1 unspecified atom stereocenters. The number of carbonyl (C=O) groups is 1. The average molecular weight is 560 g/mol. The Bertz CT molecular complexity index is 1480. The Labute approximate surface area is 239 Å². The summed E-state index contributed by atoms with van der Waals surface area (Å²) in [5, 5.41) is 12.9. The number of allylic oxidation sites excluding steroid dienone is 1. The summed E-state index contributed by atoms with van der Waals surface area (Å²) >= 11 is 0. The molecule has 3 fully saturated rings. The van der Waals surface area contributed by atoms with E-state index in [1.807, 2.05) is 12.1 Å². The lowest BCUT2D eigenvalue weighted by atomic mass is 9.80. The van der Waals surface area contributed by atoms with Gasteiger partial charge in [-0.3, -0.25) is 0 Å². The standard InChI is InChI=1S/C31H38FN7O2/c1-3-19-7-9-20(10-8-19)17-39-24-26(34-18(2)21-5-4-6-21)36-28(25(33)35-30(40)41)37-27(24)38-29(39)31(15-16-31)22-11-13-23(32)14-12-22/h3,11-14,18-21H,1,4-10,15-17H2,2H3,(H2,33,35)(H,40,41)(H,34,36,37). The van der Waals surface area contributed by atoms with Gasteiger partial charge in [0, 0.05) is 12.6 Å². The number of hydrogen-bond donors (Lipinski definition) is 3. The number of imidazole rings is 1. The molecule has 4 N–H and O–H groups in total. The van der Waals surface area contributed by atoms with Gasteiger partial charge in [0.1, 0.15) is 17.2 Å². The first kappa shape index (κ1) is 27.4.